The minimum atomic E-state index is -0.0721. The maximum absolute atomic E-state index is 12.4. The van der Waals surface area contributed by atoms with Crippen LogP contribution in [0.25, 0.3) is 5.65 Å². The SMILES string of the molecule is CCCCC1=N[C@@H]2Sc3c(ncn4c(SCC(=O)Nc5ccccc5)nnc34)[C@@H]2C2=C1CCC2. The summed E-state index contributed by atoms with van der Waals surface area (Å²) in [6.07, 6.45) is 8.80. The summed E-state index contributed by atoms with van der Waals surface area (Å²) < 4.78 is 1.91. The lowest BCUT2D eigenvalue weighted by molar-refractivity contribution is -0.113. The van der Waals surface area contributed by atoms with Crippen LogP contribution >= 0.6 is 23.5 Å². The first-order chi connectivity index (χ1) is 16.7. The first kappa shape index (κ1) is 21.9. The van der Waals surface area contributed by atoms with E-state index in [-0.39, 0.29) is 23.0 Å². The van der Waals surface area contributed by atoms with Crippen LogP contribution in [-0.4, -0.2) is 42.3 Å². The Bertz CT molecular complexity index is 1320. The Morgan fingerprint density at radius 1 is 1.24 bits per heavy atom. The van der Waals surface area contributed by atoms with E-state index in [4.69, 9.17) is 9.98 Å². The van der Waals surface area contributed by atoms with Gasteiger partial charge in [-0.3, -0.25) is 14.2 Å². The highest BCUT2D eigenvalue weighted by Crippen LogP contribution is 2.55. The molecule has 7 nitrogen and oxygen atoms in total. The van der Waals surface area contributed by atoms with Gasteiger partial charge in [-0.25, -0.2) is 4.98 Å². The molecular formula is C25H26N6OS2. The smallest absolute Gasteiger partial charge is 0.234 e. The minimum Gasteiger partial charge on any atom is -0.325 e. The number of rotatable bonds is 7. The van der Waals surface area contributed by atoms with Gasteiger partial charge in [0.1, 0.15) is 11.7 Å². The quantitative estimate of drug-likeness (QED) is 0.441. The predicted molar refractivity (Wildman–Crippen MR) is 137 cm³/mol. The highest BCUT2D eigenvalue weighted by Gasteiger charge is 2.44. The maximum atomic E-state index is 12.4. The lowest BCUT2D eigenvalue weighted by Gasteiger charge is -2.26. The predicted octanol–water partition coefficient (Wildman–Crippen LogP) is 5.50. The molecule has 3 aromatic rings. The van der Waals surface area contributed by atoms with Gasteiger partial charge in [0, 0.05) is 11.4 Å². The zero-order valence-corrected chi connectivity index (χ0v) is 20.7. The third kappa shape index (κ3) is 3.84. The molecule has 174 valence electrons. The number of aromatic nitrogens is 4. The molecule has 6 rings (SSSR count). The molecule has 9 heteroatoms. The normalized spacial score (nSPS) is 20.8. The van der Waals surface area contributed by atoms with Crippen molar-refractivity contribution in [3.8, 4) is 0 Å². The number of aliphatic imine (C=N–C) groups is 1. The van der Waals surface area contributed by atoms with E-state index in [0.29, 0.717) is 5.16 Å². The van der Waals surface area contributed by atoms with E-state index in [1.807, 2.05) is 41.1 Å². The van der Waals surface area contributed by atoms with Gasteiger partial charge in [0.05, 0.1) is 22.3 Å². The fraction of sp³-hybridized carbons (Fsp3) is 0.400. The Kier molecular flexibility index (Phi) is 5.90. The number of amides is 1. The van der Waals surface area contributed by atoms with Crippen molar-refractivity contribution in [2.75, 3.05) is 11.1 Å². The van der Waals surface area contributed by atoms with Crippen LogP contribution in [0.5, 0.6) is 0 Å². The van der Waals surface area contributed by atoms with E-state index in [1.54, 1.807) is 17.3 Å². The van der Waals surface area contributed by atoms with Gasteiger partial charge in [-0.05, 0) is 49.8 Å². The van der Waals surface area contributed by atoms with Gasteiger partial charge in [-0.2, -0.15) is 0 Å². The molecule has 1 N–H and O–H groups in total. The average molecular weight is 491 g/mol. The highest BCUT2D eigenvalue weighted by molar-refractivity contribution is 8.00. The van der Waals surface area contributed by atoms with E-state index >= 15 is 0 Å². The van der Waals surface area contributed by atoms with Crippen molar-refractivity contribution in [3.63, 3.8) is 0 Å². The van der Waals surface area contributed by atoms with Crippen LogP contribution in [0, 0.1) is 0 Å². The maximum Gasteiger partial charge on any atom is 0.234 e. The number of hydrogen-bond acceptors (Lipinski definition) is 7. The molecule has 2 aromatic heterocycles. The van der Waals surface area contributed by atoms with Crippen molar-refractivity contribution in [2.45, 2.75) is 66.8 Å². The van der Waals surface area contributed by atoms with Crippen molar-refractivity contribution >= 4 is 46.5 Å². The van der Waals surface area contributed by atoms with Gasteiger partial charge in [0.15, 0.2) is 10.8 Å². The molecule has 0 bridgehead atoms. The third-order valence-electron chi connectivity index (χ3n) is 6.66. The van der Waals surface area contributed by atoms with Crippen molar-refractivity contribution in [1.29, 1.82) is 0 Å². The standard InChI is InChI=1S/C25H26N6OS2/c1-2-3-12-18-16-10-7-11-17(16)20-21-22(34-24(20)28-18)23-29-30-25(31(23)14-26-21)33-13-19(32)27-15-8-5-4-6-9-15/h4-6,8-9,14,20,24H,2-3,7,10-13H2,1H3,(H,27,32)/t20-,24+/m0/s1. The molecule has 3 aliphatic rings. The van der Waals surface area contributed by atoms with Crippen molar-refractivity contribution < 1.29 is 4.79 Å². The molecule has 0 unspecified atom stereocenters. The molecule has 4 heterocycles. The second-order valence-electron chi connectivity index (χ2n) is 8.86. The molecule has 0 spiro atoms. The van der Waals surface area contributed by atoms with Crippen LogP contribution in [0.15, 0.2) is 62.8 Å². The Morgan fingerprint density at radius 3 is 2.97 bits per heavy atom. The Balaban J connectivity index is 1.24. The lowest BCUT2D eigenvalue weighted by Crippen LogP contribution is -2.21. The van der Waals surface area contributed by atoms with Gasteiger partial charge in [0.2, 0.25) is 5.91 Å². The molecule has 1 aromatic carbocycles. The summed E-state index contributed by atoms with van der Waals surface area (Å²) in [7, 11) is 0. The number of anilines is 1. The van der Waals surface area contributed by atoms with Crippen molar-refractivity contribution in [2.24, 2.45) is 4.99 Å². The second kappa shape index (κ2) is 9.19. The van der Waals surface area contributed by atoms with Crippen molar-refractivity contribution in [1.82, 2.24) is 19.6 Å². The molecule has 1 amide bonds. The number of nitrogens with zero attached hydrogens (tertiary/aromatic N) is 5. The second-order valence-corrected chi connectivity index (χ2v) is 10.9. The number of carbonyl (C=O) groups is 1. The van der Waals surface area contributed by atoms with Crippen LogP contribution in [0.3, 0.4) is 0 Å². The number of thioether (sulfide) groups is 2. The molecule has 0 saturated heterocycles. The number of nitrogens with one attached hydrogen (secondary N) is 1. The van der Waals surface area contributed by atoms with E-state index in [1.165, 1.54) is 42.3 Å². The van der Waals surface area contributed by atoms with Crippen molar-refractivity contribution in [3.05, 3.63) is 53.5 Å². The topological polar surface area (TPSA) is 84.5 Å². The average Bonchev–Trinajstić information content (AvgIpc) is 3.57. The Hall–Kier alpha value is -2.65. The molecular weight excluding hydrogens is 464 g/mol. The first-order valence-corrected chi connectivity index (χ1v) is 13.8. The molecule has 34 heavy (non-hydrogen) atoms. The third-order valence-corrected chi connectivity index (χ3v) is 8.84. The summed E-state index contributed by atoms with van der Waals surface area (Å²) in [6.45, 7) is 2.24. The monoisotopic (exact) mass is 490 g/mol. The summed E-state index contributed by atoms with van der Waals surface area (Å²) in [5.74, 6) is 0.446. The molecule has 0 radical (unpaired) electrons. The van der Waals surface area contributed by atoms with E-state index in [9.17, 15) is 4.79 Å². The summed E-state index contributed by atoms with van der Waals surface area (Å²) >= 11 is 3.15. The number of unbranched alkanes of at least 4 members (excludes halogenated alkanes) is 1. The fourth-order valence-corrected chi connectivity index (χ4v) is 7.20. The number of para-hydroxylation sites is 1. The zero-order chi connectivity index (χ0) is 23.1. The number of carbonyl (C=O) groups excluding carboxylic acids is 1. The highest BCUT2D eigenvalue weighted by atomic mass is 32.2. The summed E-state index contributed by atoms with van der Waals surface area (Å²) in [4.78, 5) is 23.6. The molecule has 2 atom stereocenters. The van der Waals surface area contributed by atoms with E-state index < -0.39 is 0 Å². The number of benzene rings is 1. The van der Waals surface area contributed by atoms with E-state index in [2.05, 4.69) is 22.4 Å². The number of hydrogen-bond donors (Lipinski definition) is 1. The van der Waals surface area contributed by atoms with Crippen LogP contribution in [0.2, 0.25) is 0 Å². The van der Waals surface area contributed by atoms with Crippen LogP contribution in [0.1, 0.15) is 57.1 Å². The van der Waals surface area contributed by atoms with Gasteiger partial charge in [-0.15, -0.1) is 10.2 Å². The minimum absolute atomic E-state index is 0.0721. The summed E-state index contributed by atoms with van der Waals surface area (Å²) in [5, 5.41) is 12.6. The molecule has 2 aliphatic heterocycles. The van der Waals surface area contributed by atoms with Crippen LogP contribution < -0.4 is 5.32 Å². The molecule has 0 fully saturated rings. The van der Waals surface area contributed by atoms with Gasteiger partial charge < -0.3 is 5.32 Å². The summed E-state index contributed by atoms with van der Waals surface area (Å²) in [5.41, 5.74) is 7.10. The Morgan fingerprint density at radius 2 is 2.12 bits per heavy atom. The van der Waals surface area contributed by atoms with Crippen LogP contribution in [0.4, 0.5) is 5.69 Å². The van der Waals surface area contributed by atoms with Gasteiger partial charge >= 0.3 is 0 Å². The first-order valence-electron chi connectivity index (χ1n) is 11.9. The summed E-state index contributed by atoms with van der Waals surface area (Å²) in [6, 6.07) is 9.48. The molecule has 0 saturated carbocycles. The van der Waals surface area contributed by atoms with Crippen LogP contribution in [-0.2, 0) is 4.79 Å². The largest absolute Gasteiger partial charge is 0.325 e. The zero-order valence-electron chi connectivity index (χ0n) is 19.0. The number of fused-ring (bicyclic) bond motifs is 6. The number of allylic oxidation sites excluding steroid dienone is 1. The van der Waals surface area contributed by atoms with Gasteiger partial charge in [-0.1, -0.05) is 60.6 Å². The Labute approximate surface area is 206 Å². The molecule has 1 aliphatic carbocycles. The lowest BCUT2D eigenvalue weighted by atomic mass is 9.87. The van der Waals surface area contributed by atoms with Gasteiger partial charge in [0.25, 0.3) is 0 Å². The van der Waals surface area contributed by atoms with E-state index in [0.717, 1.165) is 41.2 Å². The number of dihydropyridines is 1. The fourth-order valence-electron chi connectivity index (χ4n) is 5.10.